The lowest BCUT2D eigenvalue weighted by Gasteiger charge is -2.38. The number of carbonyl (C=O) groups excluding carboxylic acids is 1. The van der Waals surface area contributed by atoms with Crippen LogP contribution < -0.4 is 14.8 Å². The van der Waals surface area contributed by atoms with E-state index in [9.17, 15) is 4.79 Å². The van der Waals surface area contributed by atoms with Gasteiger partial charge >= 0.3 is 0 Å². The first-order valence-corrected chi connectivity index (χ1v) is 9.98. The Balaban J connectivity index is 1.30. The van der Waals surface area contributed by atoms with E-state index < -0.39 is 0 Å². The van der Waals surface area contributed by atoms with Crippen molar-refractivity contribution in [2.75, 3.05) is 38.3 Å². The maximum atomic E-state index is 11.1. The van der Waals surface area contributed by atoms with Crippen molar-refractivity contribution in [2.45, 2.75) is 26.4 Å². The van der Waals surface area contributed by atoms with Gasteiger partial charge in [-0.15, -0.1) is 11.3 Å². The lowest BCUT2D eigenvalue weighted by molar-refractivity contribution is -0.114. The third kappa shape index (κ3) is 4.23. The number of thiazole rings is 1. The first-order chi connectivity index (χ1) is 13.1. The highest BCUT2D eigenvalue weighted by Gasteiger charge is 2.24. The normalized spacial score (nSPS) is 18.4. The molecule has 1 N–H and O–H groups in total. The number of hydrogen-bond donors (Lipinski definition) is 1. The second-order valence-corrected chi connectivity index (χ2v) is 8.03. The standard InChI is InChI=1S/C19H24N4O3S/c1-13(15-3-4-17-18(9-15)26-12-25-17)23-7-5-22(6-8-23)11-16-10-20-19(27-16)21-14(2)24/h3-4,9-10,13H,5-8,11-12H2,1-2H3,(H,20,21,24). The SMILES string of the molecule is CC(=O)Nc1ncc(CN2CCN(C(C)c3ccc4c(c3)OCO4)CC2)s1. The molecule has 0 aliphatic carbocycles. The van der Waals surface area contributed by atoms with Gasteiger partial charge < -0.3 is 14.8 Å². The first-order valence-electron chi connectivity index (χ1n) is 9.17. The highest BCUT2D eigenvalue weighted by molar-refractivity contribution is 7.15. The molecule has 1 aromatic heterocycles. The van der Waals surface area contributed by atoms with Gasteiger partial charge in [0.2, 0.25) is 12.7 Å². The van der Waals surface area contributed by atoms with E-state index in [1.807, 2.05) is 12.3 Å². The van der Waals surface area contributed by atoms with Crippen molar-refractivity contribution in [1.82, 2.24) is 14.8 Å². The molecule has 0 bridgehead atoms. The number of fused-ring (bicyclic) bond motifs is 1. The fraction of sp³-hybridized carbons (Fsp3) is 0.474. The van der Waals surface area contributed by atoms with E-state index in [0.717, 1.165) is 44.2 Å². The molecule has 1 unspecified atom stereocenters. The highest BCUT2D eigenvalue weighted by Crippen LogP contribution is 2.35. The third-order valence-corrected chi connectivity index (χ3v) is 5.95. The Bertz CT molecular complexity index is 817. The molecular formula is C19H24N4O3S. The minimum absolute atomic E-state index is 0.0815. The minimum atomic E-state index is -0.0815. The van der Waals surface area contributed by atoms with Crippen LogP contribution in [-0.2, 0) is 11.3 Å². The van der Waals surface area contributed by atoms with Crippen molar-refractivity contribution in [3.05, 3.63) is 34.8 Å². The number of ether oxygens (including phenoxy) is 2. The fourth-order valence-corrected chi connectivity index (χ4v) is 4.40. The fourth-order valence-electron chi connectivity index (χ4n) is 3.50. The number of anilines is 1. The summed E-state index contributed by atoms with van der Waals surface area (Å²) in [5.74, 6) is 1.60. The monoisotopic (exact) mass is 388 g/mol. The van der Waals surface area contributed by atoms with Gasteiger partial charge in [0, 0.05) is 56.8 Å². The van der Waals surface area contributed by atoms with E-state index in [0.29, 0.717) is 18.0 Å². The van der Waals surface area contributed by atoms with E-state index in [1.165, 1.54) is 17.4 Å². The summed E-state index contributed by atoms with van der Waals surface area (Å²) in [6.45, 7) is 9.01. The molecular weight excluding hydrogens is 364 g/mol. The summed E-state index contributed by atoms with van der Waals surface area (Å²) >= 11 is 1.55. The van der Waals surface area contributed by atoms with Gasteiger partial charge in [-0.2, -0.15) is 0 Å². The van der Waals surface area contributed by atoms with Crippen molar-refractivity contribution >= 4 is 22.4 Å². The Labute approximate surface area is 162 Å². The number of nitrogens with zero attached hydrogens (tertiary/aromatic N) is 3. The van der Waals surface area contributed by atoms with E-state index >= 15 is 0 Å². The average molecular weight is 388 g/mol. The molecule has 1 fully saturated rings. The summed E-state index contributed by atoms with van der Waals surface area (Å²) < 4.78 is 10.9. The molecule has 1 aromatic carbocycles. The van der Waals surface area contributed by atoms with Crippen molar-refractivity contribution in [3.8, 4) is 11.5 Å². The summed E-state index contributed by atoms with van der Waals surface area (Å²) in [6, 6.07) is 6.57. The number of hydrogen-bond acceptors (Lipinski definition) is 7. The van der Waals surface area contributed by atoms with Crippen molar-refractivity contribution in [2.24, 2.45) is 0 Å². The molecule has 144 valence electrons. The lowest BCUT2D eigenvalue weighted by atomic mass is 10.1. The topological polar surface area (TPSA) is 66.9 Å². The number of carbonyl (C=O) groups is 1. The number of piperazine rings is 1. The predicted molar refractivity (Wildman–Crippen MR) is 104 cm³/mol. The van der Waals surface area contributed by atoms with Crippen LogP contribution in [0.15, 0.2) is 24.4 Å². The summed E-state index contributed by atoms with van der Waals surface area (Å²) in [7, 11) is 0. The van der Waals surface area contributed by atoms with Crippen LogP contribution in [0.4, 0.5) is 5.13 Å². The van der Waals surface area contributed by atoms with Gasteiger partial charge in [0.1, 0.15) is 0 Å². The maximum absolute atomic E-state index is 11.1. The molecule has 8 heteroatoms. The van der Waals surface area contributed by atoms with Crippen LogP contribution in [0.25, 0.3) is 0 Å². The summed E-state index contributed by atoms with van der Waals surface area (Å²) in [5.41, 5.74) is 1.26. The molecule has 0 radical (unpaired) electrons. The highest BCUT2D eigenvalue weighted by atomic mass is 32.1. The third-order valence-electron chi connectivity index (χ3n) is 5.05. The van der Waals surface area contributed by atoms with Gasteiger partial charge in [0.25, 0.3) is 0 Å². The summed E-state index contributed by atoms with van der Waals surface area (Å²) in [6.07, 6.45) is 1.86. The van der Waals surface area contributed by atoms with Crippen LogP contribution in [0.1, 0.15) is 30.3 Å². The van der Waals surface area contributed by atoms with E-state index in [1.54, 1.807) is 11.3 Å². The van der Waals surface area contributed by atoms with E-state index in [-0.39, 0.29) is 5.91 Å². The molecule has 1 amide bonds. The quantitative estimate of drug-likeness (QED) is 0.850. The van der Waals surface area contributed by atoms with Crippen LogP contribution in [-0.4, -0.2) is 53.7 Å². The van der Waals surface area contributed by atoms with Crippen molar-refractivity contribution in [3.63, 3.8) is 0 Å². The molecule has 4 rings (SSSR count). The molecule has 27 heavy (non-hydrogen) atoms. The molecule has 3 heterocycles. The van der Waals surface area contributed by atoms with Gasteiger partial charge in [-0.05, 0) is 24.6 Å². The summed E-state index contributed by atoms with van der Waals surface area (Å²) in [4.78, 5) is 21.5. The number of rotatable bonds is 5. The predicted octanol–water partition coefficient (Wildman–Crippen LogP) is 2.71. The molecule has 2 aliphatic heterocycles. The lowest BCUT2D eigenvalue weighted by Crippen LogP contribution is -2.46. The molecule has 2 aliphatic rings. The minimum Gasteiger partial charge on any atom is -0.454 e. The van der Waals surface area contributed by atoms with Gasteiger partial charge in [-0.1, -0.05) is 6.07 Å². The Morgan fingerprint density at radius 1 is 1.26 bits per heavy atom. The van der Waals surface area contributed by atoms with Gasteiger partial charge in [-0.3, -0.25) is 14.6 Å². The van der Waals surface area contributed by atoms with Crippen LogP contribution in [0.2, 0.25) is 0 Å². The Morgan fingerprint density at radius 3 is 2.81 bits per heavy atom. The molecule has 7 nitrogen and oxygen atoms in total. The Kier molecular flexibility index (Phi) is 5.29. The van der Waals surface area contributed by atoms with Crippen molar-refractivity contribution in [1.29, 1.82) is 0 Å². The second-order valence-electron chi connectivity index (χ2n) is 6.91. The van der Waals surface area contributed by atoms with Gasteiger partial charge in [0.15, 0.2) is 16.6 Å². The average Bonchev–Trinajstić information content (AvgIpc) is 3.30. The second kappa shape index (κ2) is 7.84. The van der Waals surface area contributed by atoms with Crippen molar-refractivity contribution < 1.29 is 14.3 Å². The van der Waals surface area contributed by atoms with Crippen LogP contribution >= 0.6 is 11.3 Å². The Morgan fingerprint density at radius 2 is 2.04 bits per heavy atom. The smallest absolute Gasteiger partial charge is 0.231 e. The van der Waals surface area contributed by atoms with Crippen LogP contribution in [0.5, 0.6) is 11.5 Å². The van der Waals surface area contributed by atoms with Crippen LogP contribution in [0.3, 0.4) is 0 Å². The molecule has 1 atom stereocenters. The zero-order valence-corrected chi connectivity index (χ0v) is 16.4. The first kappa shape index (κ1) is 18.2. The molecule has 2 aromatic rings. The largest absolute Gasteiger partial charge is 0.454 e. The van der Waals surface area contributed by atoms with E-state index in [4.69, 9.17) is 9.47 Å². The Hall–Kier alpha value is -2.16. The van der Waals surface area contributed by atoms with Crippen LogP contribution in [0, 0.1) is 0 Å². The number of benzene rings is 1. The zero-order chi connectivity index (χ0) is 18.8. The van der Waals surface area contributed by atoms with Gasteiger partial charge in [0.05, 0.1) is 0 Å². The number of nitrogens with one attached hydrogen (secondary N) is 1. The molecule has 0 saturated carbocycles. The molecule has 1 saturated heterocycles. The zero-order valence-electron chi connectivity index (χ0n) is 15.6. The maximum Gasteiger partial charge on any atom is 0.231 e. The molecule has 0 spiro atoms. The van der Waals surface area contributed by atoms with Gasteiger partial charge in [-0.25, -0.2) is 4.98 Å². The summed E-state index contributed by atoms with van der Waals surface area (Å²) in [5, 5.41) is 3.42. The van der Waals surface area contributed by atoms with E-state index in [2.05, 4.69) is 39.2 Å². The number of aromatic nitrogens is 1. The number of amides is 1.